The molecular weight excluding hydrogens is 371 g/mol. The molecule has 0 aliphatic heterocycles. The lowest BCUT2D eigenvalue weighted by Crippen LogP contribution is -2.15. The molecular formula is C14H13IN2O3. The van der Waals surface area contributed by atoms with Crippen LogP contribution in [0.2, 0.25) is 0 Å². The zero-order valence-corrected chi connectivity index (χ0v) is 12.6. The van der Waals surface area contributed by atoms with Crippen molar-refractivity contribution < 1.29 is 10.0 Å². The van der Waals surface area contributed by atoms with E-state index in [1.165, 1.54) is 12.1 Å². The smallest absolute Gasteiger partial charge is 0.270 e. The molecule has 2 rings (SSSR count). The van der Waals surface area contributed by atoms with Crippen LogP contribution in [0.25, 0.3) is 0 Å². The first-order valence-electron chi connectivity index (χ1n) is 5.98. The number of halogens is 1. The summed E-state index contributed by atoms with van der Waals surface area (Å²) < 4.78 is 0.742. The molecule has 0 heterocycles. The molecule has 20 heavy (non-hydrogen) atoms. The highest BCUT2D eigenvalue weighted by Crippen LogP contribution is 2.27. The van der Waals surface area contributed by atoms with Gasteiger partial charge in [0.15, 0.2) is 0 Å². The zero-order chi connectivity index (χ0) is 14.5. The number of nitrogens with one attached hydrogen (secondary N) is 1. The van der Waals surface area contributed by atoms with Gasteiger partial charge < -0.3 is 10.4 Å². The number of non-ortho nitro benzene ring substituents is 1. The fraction of sp³-hybridized carbons (Fsp3) is 0.143. The number of hydrogen-bond acceptors (Lipinski definition) is 4. The van der Waals surface area contributed by atoms with E-state index in [-0.39, 0.29) is 18.3 Å². The lowest BCUT2D eigenvalue weighted by molar-refractivity contribution is -0.384. The van der Waals surface area contributed by atoms with Crippen molar-refractivity contribution in [2.75, 3.05) is 11.9 Å². The molecule has 0 fully saturated rings. The van der Waals surface area contributed by atoms with E-state index >= 15 is 0 Å². The van der Waals surface area contributed by atoms with Gasteiger partial charge in [-0.25, -0.2) is 0 Å². The summed E-state index contributed by atoms with van der Waals surface area (Å²) in [5.74, 6) is 0. The van der Waals surface area contributed by atoms with Gasteiger partial charge in [0, 0.05) is 21.4 Å². The Morgan fingerprint density at radius 2 is 1.95 bits per heavy atom. The average molecular weight is 384 g/mol. The molecule has 0 bridgehead atoms. The molecule has 0 saturated carbocycles. The number of nitro benzene ring substituents is 1. The van der Waals surface area contributed by atoms with Crippen LogP contribution in [0.3, 0.4) is 0 Å². The van der Waals surface area contributed by atoms with Crippen molar-refractivity contribution in [3.05, 3.63) is 67.8 Å². The summed E-state index contributed by atoms with van der Waals surface area (Å²) in [5.41, 5.74) is 1.78. The minimum atomic E-state index is -0.424. The van der Waals surface area contributed by atoms with Gasteiger partial charge >= 0.3 is 0 Å². The SMILES string of the molecule is O=[N+]([O-])c1ccc(NC(CO)c2ccccc2)c(I)c1. The summed E-state index contributed by atoms with van der Waals surface area (Å²) in [5, 5.41) is 23.4. The minimum absolute atomic E-state index is 0.0557. The number of hydrogen-bond donors (Lipinski definition) is 2. The molecule has 104 valence electrons. The van der Waals surface area contributed by atoms with Crippen LogP contribution in [0.4, 0.5) is 11.4 Å². The van der Waals surface area contributed by atoms with Gasteiger partial charge in [-0.1, -0.05) is 30.3 Å². The van der Waals surface area contributed by atoms with Crippen LogP contribution in [0.15, 0.2) is 48.5 Å². The average Bonchev–Trinajstić information content (AvgIpc) is 2.46. The molecule has 2 N–H and O–H groups in total. The molecule has 2 aromatic rings. The number of nitrogens with zero attached hydrogens (tertiary/aromatic N) is 1. The molecule has 0 aromatic heterocycles. The number of rotatable bonds is 5. The van der Waals surface area contributed by atoms with E-state index in [0.29, 0.717) is 0 Å². The van der Waals surface area contributed by atoms with Gasteiger partial charge in [-0.3, -0.25) is 10.1 Å². The summed E-state index contributed by atoms with van der Waals surface area (Å²) >= 11 is 2.04. The Kier molecular flexibility index (Phi) is 4.91. The first-order chi connectivity index (χ1) is 9.61. The standard InChI is InChI=1S/C14H13IN2O3/c15-12-8-11(17(19)20)6-7-13(12)16-14(9-18)10-4-2-1-3-5-10/h1-8,14,16,18H,9H2. The first-order valence-corrected chi connectivity index (χ1v) is 7.06. The third-order valence-electron chi connectivity index (χ3n) is 2.88. The van der Waals surface area contributed by atoms with Crippen molar-refractivity contribution >= 4 is 34.0 Å². The first kappa shape index (κ1) is 14.7. The van der Waals surface area contributed by atoms with Gasteiger partial charge in [0.25, 0.3) is 5.69 Å². The Hall–Kier alpha value is -1.67. The molecule has 0 saturated heterocycles. The predicted molar refractivity (Wildman–Crippen MR) is 85.7 cm³/mol. The highest BCUT2D eigenvalue weighted by molar-refractivity contribution is 14.1. The molecule has 1 unspecified atom stereocenters. The highest BCUT2D eigenvalue weighted by atomic mass is 127. The maximum Gasteiger partial charge on any atom is 0.270 e. The second-order valence-electron chi connectivity index (χ2n) is 4.21. The monoisotopic (exact) mass is 384 g/mol. The van der Waals surface area contributed by atoms with Crippen molar-refractivity contribution in [1.29, 1.82) is 0 Å². The molecule has 1 atom stereocenters. The molecule has 5 nitrogen and oxygen atoms in total. The maximum atomic E-state index is 10.7. The van der Waals surface area contributed by atoms with Crippen LogP contribution >= 0.6 is 22.6 Å². The Balaban J connectivity index is 2.22. The Morgan fingerprint density at radius 1 is 1.25 bits per heavy atom. The number of nitro groups is 1. The normalized spacial score (nSPS) is 11.9. The van der Waals surface area contributed by atoms with E-state index in [4.69, 9.17) is 0 Å². The second kappa shape index (κ2) is 6.67. The van der Waals surface area contributed by atoms with Crippen molar-refractivity contribution in [3.8, 4) is 0 Å². The summed E-state index contributed by atoms with van der Waals surface area (Å²) in [6.45, 7) is -0.0585. The van der Waals surface area contributed by atoms with Crippen LogP contribution in [0.1, 0.15) is 11.6 Å². The van der Waals surface area contributed by atoms with Crippen molar-refractivity contribution in [2.45, 2.75) is 6.04 Å². The largest absolute Gasteiger partial charge is 0.394 e. The van der Waals surface area contributed by atoms with E-state index in [1.807, 2.05) is 52.9 Å². The fourth-order valence-corrected chi connectivity index (χ4v) is 2.50. The maximum absolute atomic E-state index is 10.7. The van der Waals surface area contributed by atoms with Gasteiger partial charge in [-0.15, -0.1) is 0 Å². The van der Waals surface area contributed by atoms with Crippen LogP contribution in [0, 0.1) is 13.7 Å². The topological polar surface area (TPSA) is 75.4 Å². The molecule has 6 heteroatoms. The van der Waals surface area contributed by atoms with Gasteiger partial charge in [0.2, 0.25) is 0 Å². The Bertz CT molecular complexity index is 605. The van der Waals surface area contributed by atoms with Gasteiger partial charge in [0.1, 0.15) is 0 Å². The van der Waals surface area contributed by atoms with Crippen LogP contribution < -0.4 is 5.32 Å². The quantitative estimate of drug-likeness (QED) is 0.471. The molecule has 0 radical (unpaired) electrons. The van der Waals surface area contributed by atoms with E-state index < -0.39 is 4.92 Å². The number of anilines is 1. The summed E-state index contributed by atoms with van der Waals surface area (Å²) in [7, 11) is 0. The van der Waals surface area contributed by atoms with Crippen molar-refractivity contribution in [2.24, 2.45) is 0 Å². The lowest BCUT2D eigenvalue weighted by atomic mass is 10.1. The molecule has 0 amide bonds. The van der Waals surface area contributed by atoms with E-state index in [1.54, 1.807) is 6.07 Å². The van der Waals surface area contributed by atoms with E-state index in [0.717, 1.165) is 14.8 Å². The van der Waals surface area contributed by atoms with Crippen LogP contribution in [-0.2, 0) is 0 Å². The number of benzene rings is 2. The number of aliphatic hydroxyl groups excluding tert-OH is 1. The van der Waals surface area contributed by atoms with Gasteiger partial charge in [0.05, 0.1) is 17.6 Å². The Morgan fingerprint density at radius 3 is 2.50 bits per heavy atom. The molecule has 0 spiro atoms. The minimum Gasteiger partial charge on any atom is -0.394 e. The highest BCUT2D eigenvalue weighted by Gasteiger charge is 2.14. The zero-order valence-electron chi connectivity index (χ0n) is 10.5. The van der Waals surface area contributed by atoms with Gasteiger partial charge in [-0.05, 0) is 34.2 Å². The predicted octanol–water partition coefficient (Wildman–Crippen LogP) is 3.34. The van der Waals surface area contributed by atoms with Crippen LogP contribution in [0.5, 0.6) is 0 Å². The fourth-order valence-electron chi connectivity index (χ4n) is 1.84. The van der Waals surface area contributed by atoms with Crippen molar-refractivity contribution in [1.82, 2.24) is 0 Å². The summed E-state index contributed by atoms with van der Waals surface area (Å²) in [4.78, 5) is 10.3. The molecule has 0 aliphatic rings. The molecule has 0 aliphatic carbocycles. The van der Waals surface area contributed by atoms with E-state index in [9.17, 15) is 15.2 Å². The summed E-state index contributed by atoms with van der Waals surface area (Å²) in [6.07, 6.45) is 0. The number of aliphatic hydroxyl groups is 1. The van der Waals surface area contributed by atoms with Crippen LogP contribution in [-0.4, -0.2) is 16.6 Å². The third kappa shape index (κ3) is 3.45. The second-order valence-corrected chi connectivity index (χ2v) is 5.37. The summed E-state index contributed by atoms with van der Waals surface area (Å²) in [6, 6.07) is 13.9. The van der Waals surface area contributed by atoms with Gasteiger partial charge in [-0.2, -0.15) is 0 Å². The van der Waals surface area contributed by atoms with E-state index in [2.05, 4.69) is 5.32 Å². The molecule has 2 aromatic carbocycles. The lowest BCUT2D eigenvalue weighted by Gasteiger charge is -2.19. The Labute approximate surface area is 129 Å². The van der Waals surface area contributed by atoms with Crippen molar-refractivity contribution in [3.63, 3.8) is 0 Å². The third-order valence-corrected chi connectivity index (χ3v) is 3.77.